The van der Waals surface area contributed by atoms with Crippen molar-refractivity contribution in [1.82, 2.24) is 0 Å². The van der Waals surface area contributed by atoms with Gasteiger partial charge in [-0.2, -0.15) is 0 Å². The summed E-state index contributed by atoms with van der Waals surface area (Å²) < 4.78 is 33.9. The number of nitrogens with zero attached hydrogens (tertiary/aromatic N) is 1. The molecule has 0 aliphatic carbocycles. The third kappa shape index (κ3) is 4.49. The molecular formula is C20H26N2O3S. The summed E-state index contributed by atoms with van der Waals surface area (Å²) in [7, 11) is -3.65. The van der Waals surface area contributed by atoms with Gasteiger partial charge >= 0.3 is 0 Å². The average Bonchev–Trinajstić information content (AvgIpc) is 2.62. The number of para-hydroxylation sites is 2. The fourth-order valence-electron chi connectivity index (χ4n) is 3.14. The van der Waals surface area contributed by atoms with Crippen molar-refractivity contribution in [2.24, 2.45) is 0 Å². The minimum atomic E-state index is -3.65. The Bertz CT molecular complexity index is 826. The van der Waals surface area contributed by atoms with Crippen LogP contribution in [0.3, 0.4) is 0 Å². The van der Waals surface area contributed by atoms with Gasteiger partial charge in [-0.1, -0.05) is 12.1 Å². The number of nitrogens with one attached hydrogen (secondary N) is 1. The molecule has 2 aromatic carbocycles. The Balaban J connectivity index is 1.81. The Kier molecular flexibility index (Phi) is 5.71. The largest absolute Gasteiger partial charge is 0.491 e. The molecular weight excluding hydrogens is 348 g/mol. The molecule has 1 saturated heterocycles. The predicted octanol–water partition coefficient (Wildman–Crippen LogP) is 4.26. The van der Waals surface area contributed by atoms with Crippen molar-refractivity contribution in [3.8, 4) is 5.75 Å². The van der Waals surface area contributed by atoms with Crippen LogP contribution in [0.15, 0.2) is 53.4 Å². The lowest BCUT2D eigenvalue weighted by molar-refractivity contribution is 0.242. The molecule has 140 valence electrons. The topological polar surface area (TPSA) is 58.6 Å². The van der Waals surface area contributed by atoms with Gasteiger partial charge in [0.25, 0.3) is 10.0 Å². The van der Waals surface area contributed by atoms with Crippen LogP contribution >= 0.6 is 0 Å². The number of hydrogen-bond acceptors (Lipinski definition) is 4. The lowest BCUT2D eigenvalue weighted by atomic mass is 10.1. The van der Waals surface area contributed by atoms with Crippen LogP contribution in [0, 0.1) is 0 Å². The van der Waals surface area contributed by atoms with E-state index >= 15 is 0 Å². The zero-order valence-corrected chi connectivity index (χ0v) is 16.1. The van der Waals surface area contributed by atoms with E-state index in [1.54, 1.807) is 24.3 Å². The van der Waals surface area contributed by atoms with Crippen LogP contribution in [0.2, 0.25) is 0 Å². The maximum absolute atomic E-state index is 12.8. The van der Waals surface area contributed by atoms with Gasteiger partial charge in [0, 0.05) is 13.1 Å². The molecule has 6 heteroatoms. The zero-order chi connectivity index (χ0) is 18.6. The van der Waals surface area contributed by atoms with E-state index in [1.807, 2.05) is 38.1 Å². The molecule has 0 atom stereocenters. The van der Waals surface area contributed by atoms with Gasteiger partial charge in [0.05, 0.1) is 22.4 Å². The molecule has 0 aromatic heterocycles. The van der Waals surface area contributed by atoms with E-state index in [2.05, 4.69) is 9.62 Å². The summed E-state index contributed by atoms with van der Waals surface area (Å²) in [5.74, 6) is 0.660. The maximum Gasteiger partial charge on any atom is 0.261 e. The van der Waals surface area contributed by atoms with Gasteiger partial charge in [-0.3, -0.25) is 4.72 Å². The second kappa shape index (κ2) is 7.99. The SMILES string of the molecule is CC(C)Oc1ccc(S(=O)(=O)Nc2ccccc2N2CCCCC2)cc1. The predicted molar refractivity (Wildman–Crippen MR) is 106 cm³/mol. The molecule has 0 amide bonds. The van der Waals surface area contributed by atoms with Crippen molar-refractivity contribution < 1.29 is 13.2 Å². The van der Waals surface area contributed by atoms with E-state index in [0.29, 0.717) is 11.4 Å². The summed E-state index contributed by atoms with van der Waals surface area (Å²) in [4.78, 5) is 2.48. The standard InChI is InChI=1S/C20H26N2O3S/c1-16(2)25-17-10-12-18(13-11-17)26(23,24)21-19-8-4-5-9-20(19)22-14-6-3-7-15-22/h4-5,8-13,16,21H,3,6-7,14-15H2,1-2H3. The van der Waals surface area contributed by atoms with E-state index in [9.17, 15) is 8.42 Å². The lowest BCUT2D eigenvalue weighted by Crippen LogP contribution is -2.30. The van der Waals surface area contributed by atoms with E-state index in [4.69, 9.17) is 4.74 Å². The highest BCUT2D eigenvalue weighted by atomic mass is 32.2. The van der Waals surface area contributed by atoms with Gasteiger partial charge in [0.1, 0.15) is 5.75 Å². The molecule has 0 unspecified atom stereocenters. The number of benzene rings is 2. The minimum Gasteiger partial charge on any atom is -0.491 e. The smallest absolute Gasteiger partial charge is 0.261 e. The molecule has 26 heavy (non-hydrogen) atoms. The Hall–Kier alpha value is -2.21. The third-order valence-corrected chi connectivity index (χ3v) is 5.73. The Labute approximate surface area is 156 Å². The number of anilines is 2. The molecule has 0 spiro atoms. The molecule has 1 N–H and O–H groups in total. The van der Waals surface area contributed by atoms with Gasteiger partial charge < -0.3 is 9.64 Å². The van der Waals surface area contributed by atoms with Crippen molar-refractivity contribution >= 4 is 21.4 Å². The van der Waals surface area contributed by atoms with Gasteiger partial charge in [0.15, 0.2) is 0 Å². The number of rotatable bonds is 6. The monoisotopic (exact) mass is 374 g/mol. The number of hydrogen-bond donors (Lipinski definition) is 1. The lowest BCUT2D eigenvalue weighted by Gasteiger charge is -2.30. The fourth-order valence-corrected chi connectivity index (χ4v) is 4.22. The summed E-state index contributed by atoms with van der Waals surface area (Å²) >= 11 is 0. The first-order valence-corrected chi connectivity index (χ1v) is 10.6. The average molecular weight is 375 g/mol. The summed E-state index contributed by atoms with van der Waals surface area (Å²) in [5, 5.41) is 0. The third-order valence-electron chi connectivity index (χ3n) is 4.35. The Morgan fingerprint density at radius 1 is 0.962 bits per heavy atom. The van der Waals surface area contributed by atoms with Gasteiger partial charge in [0.2, 0.25) is 0 Å². The summed E-state index contributed by atoms with van der Waals surface area (Å²) in [6.07, 6.45) is 3.55. The first-order valence-electron chi connectivity index (χ1n) is 9.09. The number of ether oxygens (including phenoxy) is 1. The van der Waals surface area contributed by atoms with Crippen LogP contribution in [0.5, 0.6) is 5.75 Å². The van der Waals surface area contributed by atoms with Crippen molar-refractivity contribution in [1.29, 1.82) is 0 Å². The van der Waals surface area contributed by atoms with Crippen LogP contribution in [0.4, 0.5) is 11.4 Å². The highest BCUT2D eigenvalue weighted by molar-refractivity contribution is 7.92. The van der Waals surface area contributed by atoms with Crippen molar-refractivity contribution in [3.63, 3.8) is 0 Å². The quantitative estimate of drug-likeness (QED) is 0.820. The van der Waals surface area contributed by atoms with E-state index in [1.165, 1.54) is 6.42 Å². The van der Waals surface area contributed by atoms with Crippen molar-refractivity contribution in [2.45, 2.75) is 44.1 Å². The fraction of sp³-hybridized carbons (Fsp3) is 0.400. The molecule has 1 heterocycles. The molecule has 1 aliphatic rings. The molecule has 2 aromatic rings. The second-order valence-corrected chi connectivity index (χ2v) is 8.49. The molecule has 1 fully saturated rings. The van der Waals surface area contributed by atoms with E-state index < -0.39 is 10.0 Å². The minimum absolute atomic E-state index is 0.0481. The number of sulfonamides is 1. The van der Waals surface area contributed by atoms with E-state index in [0.717, 1.165) is 31.6 Å². The molecule has 3 rings (SSSR count). The molecule has 1 aliphatic heterocycles. The first-order chi connectivity index (χ1) is 12.5. The summed E-state index contributed by atoms with van der Waals surface area (Å²) in [5.41, 5.74) is 1.56. The van der Waals surface area contributed by atoms with Crippen LogP contribution in [0.25, 0.3) is 0 Å². The van der Waals surface area contributed by atoms with Gasteiger partial charge in [-0.15, -0.1) is 0 Å². The van der Waals surface area contributed by atoms with Crippen LogP contribution in [-0.4, -0.2) is 27.6 Å². The van der Waals surface area contributed by atoms with Gasteiger partial charge in [-0.25, -0.2) is 8.42 Å². The maximum atomic E-state index is 12.8. The van der Waals surface area contributed by atoms with Crippen molar-refractivity contribution in [2.75, 3.05) is 22.7 Å². The zero-order valence-electron chi connectivity index (χ0n) is 15.3. The molecule has 5 nitrogen and oxygen atoms in total. The first kappa shape index (κ1) is 18.6. The van der Waals surface area contributed by atoms with E-state index in [-0.39, 0.29) is 11.0 Å². The van der Waals surface area contributed by atoms with Gasteiger partial charge in [-0.05, 0) is 69.5 Å². The highest BCUT2D eigenvalue weighted by Gasteiger charge is 2.19. The summed E-state index contributed by atoms with van der Waals surface area (Å²) in [6.45, 7) is 5.79. The molecule has 0 bridgehead atoms. The Morgan fingerprint density at radius 3 is 2.27 bits per heavy atom. The second-order valence-electron chi connectivity index (χ2n) is 6.81. The normalized spacial score (nSPS) is 15.1. The molecule has 0 saturated carbocycles. The highest BCUT2D eigenvalue weighted by Crippen LogP contribution is 2.30. The van der Waals surface area contributed by atoms with Crippen molar-refractivity contribution in [3.05, 3.63) is 48.5 Å². The summed E-state index contributed by atoms with van der Waals surface area (Å²) in [6, 6.07) is 14.1. The molecule has 0 radical (unpaired) electrons. The number of piperidine rings is 1. The van der Waals surface area contributed by atoms with Crippen LogP contribution in [0.1, 0.15) is 33.1 Å². The van der Waals surface area contributed by atoms with Crippen LogP contribution in [-0.2, 0) is 10.0 Å². The Morgan fingerprint density at radius 2 is 1.62 bits per heavy atom. The van der Waals surface area contributed by atoms with Crippen LogP contribution < -0.4 is 14.4 Å².